The van der Waals surface area contributed by atoms with Gasteiger partial charge in [0.2, 0.25) is 5.65 Å². The molecule has 0 bridgehead atoms. The summed E-state index contributed by atoms with van der Waals surface area (Å²) in [4.78, 5) is 13.0. The average Bonchev–Trinajstić information content (AvgIpc) is 3.19. The first kappa shape index (κ1) is 23.6. The van der Waals surface area contributed by atoms with Crippen LogP contribution < -0.4 is 10.4 Å². The number of fused-ring (bicyclic) bond motifs is 1. The monoisotopic (exact) mass is 510 g/mol. The first-order valence-corrected chi connectivity index (χ1v) is 11.2. The number of alkyl halides is 3. The van der Waals surface area contributed by atoms with Gasteiger partial charge in [-0.3, -0.25) is 0 Å². The number of aromatic nitrogens is 4. The summed E-state index contributed by atoms with van der Waals surface area (Å²) < 4.78 is 47.1. The van der Waals surface area contributed by atoms with Crippen molar-refractivity contribution in [2.24, 2.45) is 0 Å². The van der Waals surface area contributed by atoms with E-state index in [4.69, 9.17) is 16.3 Å². The summed E-state index contributed by atoms with van der Waals surface area (Å²) >= 11 is 6.04. The maximum atomic E-state index is 13.0. The maximum absolute atomic E-state index is 13.0. The van der Waals surface area contributed by atoms with E-state index in [1.807, 2.05) is 42.5 Å². The molecule has 0 aliphatic heterocycles. The number of halogens is 4. The van der Waals surface area contributed by atoms with Crippen LogP contribution in [0.3, 0.4) is 0 Å². The maximum Gasteiger partial charge on any atom is 0.416 e. The second kappa shape index (κ2) is 9.50. The van der Waals surface area contributed by atoms with Crippen molar-refractivity contribution in [1.82, 2.24) is 19.4 Å². The Kier molecular flexibility index (Phi) is 6.24. The van der Waals surface area contributed by atoms with Crippen LogP contribution >= 0.6 is 11.6 Å². The minimum Gasteiger partial charge on any atom is -0.484 e. The Morgan fingerprint density at radius 2 is 1.58 bits per heavy atom. The van der Waals surface area contributed by atoms with Gasteiger partial charge in [0.05, 0.1) is 18.3 Å². The lowest BCUT2D eigenvalue weighted by Gasteiger charge is -2.12. The van der Waals surface area contributed by atoms with E-state index < -0.39 is 17.4 Å². The molecule has 0 aliphatic rings. The minimum absolute atomic E-state index is 0.0330. The lowest BCUT2D eigenvalue weighted by atomic mass is 10.1. The number of rotatable bonds is 6. The SMILES string of the molecule is O=c1n(Cc2ccc(C(F)(F)F)cc2)nc2c(OCc3ccccc3)c(-c3ccc(Cl)cc3)cnn12. The van der Waals surface area contributed by atoms with E-state index in [0.717, 1.165) is 32.5 Å². The van der Waals surface area contributed by atoms with Crippen LogP contribution in [0.2, 0.25) is 5.02 Å². The zero-order valence-electron chi connectivity index (χ0n) is 18.6. The van der Waals surface area contributed by atoms with Crippen LogP contribution in [0.4, 0.5) is 13.2 Å². The van der Waals surface area contributed by atoms with Crippen LogP contribution in [0.5, 0.6) is 5.75 Å². The first-order valence-electron chi connectivity index (χ1n) is 10.9. The Balaban J connectivity index is 1.56. The summed E-state index contributed by atoms with van der Waals surface area (Å²) in [5.41, 5.74) is 1.66. The van der Waals surface area contributed by atoms with Gasteiger partial charge in [0.15, 0.2) is 5.75 Å². The van der Waals surface area contributed by atoms with Gasteiger partial charge in [0.25, 0.3) is 0 Å². The van der Waals surface area contributed by atoms with Crippen molar-refractivity contribution in [2.45, 2.75) is 19.3 Å². The van der Waals surface area contributed by atoms with Crippen molar-refractivity contribution in [3.63, 3.8) is 0 Å². The van der Waals surface area contributed by atoms with Crippen LogP contribution in [0, 0.1) is 0 Å². The minimum atomic E-state index is -4.44. The van der Waals surface area contributed by atoms with Crippen molar-refractivity contribution in [3.8, 4) is 16.9 Å². The Morgan fingerprint density at radius 3 is 2.25 bits per heavy atom. The van der Waals surface area contributed by atoms with Crippen LogP contribution in [0.1, 0.15) is 16.7 Å². The van der Waals surface area contributed by atoms with Gasteiger partial charge in [-0.15, -0.1) is 5.10 Å². The van der Waals surface area contributed by atoms with Crippen molar-refractivity contribution in [3.05, 3.63) is 117 Å². The highest BCUT2D eigenvalue weighted by molar-refractivity contribution is 6.30. The summed E-state index contributed by atoms with van der Waals surface area (Å²) in [6.45, 7) is 0.190. The smallest absolute Gasteiger partial charge is 0.416 e. The molecule has 0 saturated heterocycles. The van der Waals surface area contributed by atoms with Gasteiger partial charge in [-0.25, -0.2) is 9.48 Å². The van der Waals surface area contributed by atoms with Gasteiger partial charge in [0.1, 0.15) is 6.61 Å². The molecule has 0 fully saturated rings. The topological polar surface area (TPSA) is 61.4 Å². The summed E-state index contributed by atoms with van der Waals surface area (Å²) in [5.74, 6) is 0.347. The molecule has 5 aromatic rings. The zero-order chi connectivity index (χ0) is 25.3. The molecule has 0 atom stereocenters. The summed E-state index contributed by atoms with van der Waals surface area (Å²) in [6, 6.07) is 21.2. The second-order valence-electron chi connectivity index (χ2n) is 8.04. The van der Waals surface area contributed by atoms with E-state index in [2.05, 4.69) is 10.2 Å². The molecule has 2 heterocycles. The van der Waals surface area contributed by atoms with E-state index in [0.29, 0.717) is 21.9 Å². The molecule has 0 saturated carbocycles. The third kappa shape index (κ3) is 4.83. The zero-order valence-corrected chi connectivity index (χ0v) is 19.4. The summed E-state index contributed by atoms with van der Waals surface area (Å²) in [7, 11) is 0. The third-order valence-electron chi connectivity index (χ3n) is 5.56. The van der Waals surface area contributed by atoms with E-state index in [9.17, 15) is 18.0 Å². The highest BCUT2D eigenvalue weighted by atomic mass is 35.5. The molecule has 10 heteroatoms. The quantitative estimate of drug-likeness (QED) is 0.287. The molecule has 6 nitrogen and oxygen atoms in total. The number of hydrogen-bond donors (Lipinski definition) is 0. The predicted molar refractivity (Wildman–Crippen MR) is 129 cm³/mol. The molecule has 0 unspecified atom stereocenters. The molecule has 0 spiro atoms. The van der Waals surface area contributed by atoms with Gasteiger partial charge in [-0.1, -0.05) is 66.2 Å². The molecule has 0 aliphatic carbocycles. The number of ether oxygens (including phenoxy) is 1. The standard InChI is InChI=1S/C26H18ClF3N4O2/c27-21-12-8-19(9-13-21)22-14-31-34-24(23(22)36-16-18-4-2-1-3-5-18)32-33(25(34)35)15-17-6-10-20(11-7-17)26(28,29)30/h1-14H,15-16H2. The molecule has 182 valence electrons. The highest BCUT2D eigenvalue weighted by Gasteiger charge is 2.30. The summed E-state index contributed by atoms with van der Waals surface area (Å²) in [5, 5.41) is 9.26. The molecule has 5 rings (SSSR count). The van der Waals surface area contributed by atoms with Crippen molar-refractivity contribution in [1.29, 1.82) is 0 Å². The lowest BCUT2D eigenvalue weighted by molar-refractivity contribution is -0.137. The van der Waals surface area contributed by atoms with E-state index in [1.165, 1.54) is 18.3 Å². The molecular formula is C26H18ClF3N4O2. The molecule has 0 amide bonds. The Hall–Kier alpha value is -4.11. The molecule has 36 heavy (non-hydrogen) atoms. The average molecular weight is 511 g/mol. The predicted octanol–water partition coefficient (Wildman–Crippen LogP) is 5.86. The van der Waals surface area contributed by atoms with Crippen molar-refractivity contribution in [2.75, 3.05) is 0 Å². The Labute approximate surface area is 208 Å². The van der Waals surface area contributed by atoms with Gasteiger partial charge in [-0.05, 0) is 41.0 Å². The fourth-order valence-corrected chi connectivity index (χ4v) is 3.85. The van der Waals surface area contributed by atoms with Gasteiger partial charge in [-0.2, -0.15) is 22.8 Å². The number of hydrogen-bond acceptors (Lipinski definition) is 4. The van der Waals surface area contributed by atoms with Crippen LogP contribution in [0.15, 0.2) is 89.9 Å². The highest BCUT2D eigenvalue weighted by Crippen LogP contribution is 2.33. The van der Waals surface area contributed by atoms with Crippen LogP contribution in [0.25, 0.3) is 16.8 Å². The fraction of sp³-hybridized carbons (Fsp3) is 0.115. The third-order valence-corrected chi connectivity index (χ3v) is 5.81. The lowest BCUT2D eigenvalue weighted by Crippen LogP contribution is -2.23. The second-order valence-corrected chi connectivity index (χ2v) is 8.48. The Morgan fingerprint density at radius 1 is 0.889 bits per heavy atom. The number of nitrogens with zero attached hydrogens (tertiary/aromatic N) is 4. The number of benzene rings is 3. The van der Waals surface area contributed by atoms with E-state index >= 15 is 0 Å². The van der Waals surface area contributed by atoms with Gasteiger partial charge in [0, 0.05) is 10.6 Å². The van der Waals surface area contributed by atoms with Gasteiger partial charge < -0.3 is 4.74 Å². The van der Waals surface area contributed by atoms with Crippen molar-refractivity contribution >= 4 is 17.2 Å². The first-order chi connectivity index (χ1) is 17.3. The van der Waals surface area contributed by atoms with Crippen molar-refractivity contribution < 1.29 is 17.9 Å². The molecule has 2 aromatic heterocycles. The summed E-state index contributed by atoms with van der Waals surface area (Å²) in [6.07, 6.45) is -2.92. The molecular weight excluding hydrogens is 493 g/mol. The van der Waals surface area contributed by atoms with E-state index in [1.54, 1.807) is 12.1 Å². The van der Waals surface area contributed by atoms with E-state index in [-0.39, 0.29) is 18.8 Å². The Bertz CT molecular complexity index is 1560. The molecule has 3 aromatic carbocycles. The fourth-order valence-electron chi connectivity index (χ4n) is 3.72. The molecule has 0 radical (unpaired) electrons. The van der Waals surface area contributed by atoms with Gasteiger partial charge >= 0.3 is 11.9 Å². The molecule has 0 N–H and O–H groups in total. The largest absolute Gasteiger partial charge is 0.484 e. The van der Waals surface area contributed by atoms with Crippen LogP contribution in [-0.4, -0.2) is 19.4 Å². The normalized spacial score (nSPS) is 11.7. The van der Waals surface area contributed by atoms with Crippen LogP contribution in [-0.2, 0) is 19.3 Å².